The van der Waals surface area contributed by atoms with Crippen molar-refractivity contribution in [1.82, 2.24) is 16.0 Å². The second-order valence-electron chi connectivity index (χ2n) is 7.90. The molecule has 1 aromatic rings. The first-order valence-corrected chi connectivity index (χ1v) is 11.7. The molecule has 2 rings (SSSR count). The number of ether oxygens (including phenoxy) is 4. The SMILES string of the molecule is CNC(=O)OCc1cc(COC(=O)NC)c(NC(=O)OC2/C=C/CCCCC2)c(COC(=O)NC)c1. The van der Waals surface area contributed by atoms with Crippen molar-refractivity contribution in [1.29, 1.82) is 0 Å². The highest BCUT2D eigenvalue weighted by atomic mass is 16.6. The average Bonchev–Trinajstić information content (AvgIpc) is 2.86. The van der Waals surface area contributed by atoms with Crippen LogP contribution in [0.15, 0.2) is 24.3 Å². The number of hydrogen-bond acceptors (Lipinski definition) is 8. The summed E-state index contributed by atoms with van der Waals surface area (Å²) in [5.41, 5.74) is 1.55. The number of anilines is 1. The number of alkyl carbamates (subject to hydrolysis) is 3. The summed E-state index contributed by atoms with van der Waals surface area (Å²) in [7, 11) is 4.26. The predicted molar refractivity (Wildman–Crippen MR) is 130 cm³/mol. The van der Waals surface area contributed by atoms with Crippen LogP contribution < -0.4 is 21.3 Å². The summed E-state index contributed by atoms with van der Waals surface area (Å²) in [6.45, 7) is -0.559. The lowest BCUT2D eigenvalue weighted by molar-refractivity contribution is 0.127. The second kappa shape index (κ2) is 15.1. The number of allylic oxidation sites excluding steroid dienone is 1. The molecule has 0 aromatic heterocycles. The topological polar surface area (TPSA) is 153 Å². The van der Waals surface area contributed by atoms with Crippen molar-refractivity contribution in [3.8, 4) is 0 Å². The minimum atomic E-state index is -0.707. The third-order valence-electron chi connectivity index (χ3n) is 5.26. The molecule has 0 bridgehead atoms. The molecule has 0 saturated heterocycles. The van der Waals surface area contributed by atoms with Crippen molar-refractivity contribution in [3.63, 3.8) is 0 Å². The fourth-order valence-corrected chi connectivity index (χ4v) is 3.46. The zero-order valence-electron chi connectivity index (χ0n) is 20.8. The minimum Gasteiger partial charge on any atom is -0.445 e. The van der Waals surface area contributed by atoms with Crippen LogP contribution in [0.4, 0.5) is 24.9 Å². The molecule has 1 atom stereocenters. The summed E-state index contributed by atoms with van der Waals surface area (Å²) in [5, 5.41) is 9.76. The molecule has 1 unspecified atom stereocenters. The van der Waals surface area contributed by atoms with Crippen LogP contribution in [-0.2, 0) is 38.8 Å². The van der Waals surface area contributed by atoms with E-state index >= 15 is 0 Å². The molecule has 12 heteroatoms. The van der Waals surface area contributed by atoms with Crippen LogP contribution in [-0.4, -0.2) is 51.6 Å². The van der Waals surface area contributed by atoms with Gasteiger partial charge in [-0.15, -0.1) is 0 Å². The Balaban J connectivity index is 2.35. The fraction of sp³-hybridized carbons (Fsp3) is 0.500. The smallest absolute Gasteiger partial charge is 0.412 e. The molecule has 1 aromatic carbocycles. The molecule has 1 aliphatic carbocycles. The summed E-state index contributed by atoms with van der Waals surface area (Å²) in [6.07, 6.45) is 5.55. The van der Waals surface area contributed by atoms with Gasteiger partial charge in [-0.2, -0.15) is 0 Å². The van der Waals surface area contributed by atoms with Crippen molar-refractivity contribution in [2.45, 2.75) is 58.0 Å². The van der Waals surface area contributed by atoms with E-state index in [1.165, 1.54) is 21.1 Å². The van der Waals surface area contributed by atoms with E-state index in [4.69, 9.17) is 18.9 Å². The van der Waals surface area contributed by atoms with Gasteiger partial charge in [0.2, 0.25) is 0 Å². The van der Waals surface area contributed by atoms with E-state index in [9.17, 15) is 19.2 Å². The van der Waals surface area contributed by atoms with Gasteiger partial charge in [0.05, 0.1) is 5.69 Å². The summed E-state index contributed by atoms with van der Waals surface area (Å²) in [4.78, 5) is 47.8. The maximum absolute atomic E-state index is 12.8. The molecule has 0 saturated carbocycles. The Morgan fingerprint density at radius 2 is 1.33 bits per heavy atom. The van der Waals surface area contributed by atoms with Gasteiger partial charge in [0.15, 0.2) is 0 Å². The molecule has 1 aliphatic rings. The third-order valence-corrected chi connectivity index (χ3v) is 5.26. The summed E-state index contributed by atoms with van der Waals surface area (Å²) >= 11 is 0. The maximum atomic E-state index is 12.8. The van der Waals surface area contributed by atoms with Crippen molar-refractivity contribution >= 4 is 30.1 Å². The summed E-state index contributed by atoms with van der Waals surface area (Å²) < 4.78 is 21.1. The Hall–Kier alpha value is -3.96. The summed E-state index contributed by atoms with van der Waals surface area (Å²) in [5.74, 6) is 0. The molecule has 0 heterocycles. The molecule has 0 aliphatic heterocycles. The number of benzene rings is 1. The monoisotopic (exact) mass is 506 g/mol. The predicted octanol–water partition coefficient (Wildman–Crippen LogP) is 3.69. The van der Waals surface area contributed by atoms with Gasteiger partial charge >= 0.3 is 24.4 Å². The van der Waals surface area contributed by atoms with Crippen LogP contribution in [0.5, 0.6) is 0 Å². The van der Waals surface area contributed by atoms with Gasteiger partial charge in [-0.1, -0.05) is 12.5 Å². The van der Waals surface area contributed by atoms with Gasteiger partial charge in [-0.3, -0.25) is 5.32 Å². The van der Waals surface area contributed by atoms with E-state index in [1.807, 2.05) is 12.2 Å². The molecule has 0 fully saturated rings. The lowest BCUT2D eigenvalue weighted by Crippen LogP contribution is -2.24. The lowest BCUT2D eigenvalue weighted by Gasteiger charge is -2.20. The van der Waals surface area contributed by atoms with E-state index in [-0.39, 0.29) is 31.6 Å². The molecule has 0 spiro atoms. The van der Waals surface area contributed by atoms with Gasteiger partial charge in [0.1, 0.15) is 25.9 Å². The Labute approximate surface area is 210 Å². The van der Waals surface area contributed by atoms with Crippen LogP contribution in [0, 0.1) is 0 Å². The minimum absolute atomic E-state index is 0.114. The number of amides is 4. The largest absolute Gasteiger partial charge is 0.445 e. The van der Waals surface area contributed by atoms with Gasteiger partial charge in [-0.25, -0.2) is 19.2 Å². The first-order chi connectivity index (χ1) is 17.4. The highest BCUT2D eigenvalue weighted by Gasteiger charge is 2.20. The van der Waals surface area contributed by atoms with Gasteiger partial charge < -0.3 is 34.9 Å². The Morgan fingerprint density at radius 1 is 0.778 bits per heavy atom. The molecular weight excluding hydrogens is 472 g/mol. The fourth-order valence-electron chi connectivity index (χ4n) is 3.46. The first kappa shape index (κ1) is 28.3. The Morgan fingerprint density at radius 3 is 1.89 bits per heavy atom. The molecular formula is C24H34N4O8. The molecule has 0 radical (unpaired) electrons. The van der Waals surface area contributed by atoms with Crippen molar-refractivity contribution < 1.29 is 38.1 Å². The van der Waals surface area contributed by atoms with Gasteiger partial charge in [-0.05, 0) is 49.5 Å². The molecule has 198 valence electrons. The molecule has 36 heavy (non-hydrogen) atoms. The number of carbonyl (C=O) groups is 4. The van der Waals surface area contributed by atoms with Crippen LogP contribution >= 0.6 is 0 Å². The maximum Gasteiger partial charge on any atom is 0.412 e. The lowest BCUT2D eigenvalue weighted by atomic mass is 10.0. The average molecular weight is 507 g/mol. The quantitative estimate of drug-likeness (QED) is 0.308. The van der Waals surface area contributed by atoms with Crippen LogP contribution in [0.2, 0.25) is 0 Å². The molecule has 4 amide bonds. The van der Waals surface area contributed by atoms with E-state index in [0.29, 0.717) is 23.1 Å². The number of rotatable bonds is 8. The first-order valence-electron chi connectivity index (χ1n) is 11.7. The Kier molecular flexibility index (Phi) is 11.9. The Bertz CT molecular complexity index is 909. The highest BCUT2D eigenvalue weighted by molar-refractivity contribution is 5.87. The summed E-state index contributed by atoms with van der Waals surface area (Å²) in [6, 6.07) is 3.22. The standard InChI is InChI=1S/C24H34N4O8/c1-25-21(29)33-13-16-11-17(14-34-22(30)26-2)20(18(12-16)15-35-23(31)27-3)28-24(32)36-19-9-7-5-4-6-8-10-19/h7,9,11-12,19H,4-6,8,10,13-15H2,1-3H3,(H,25,29)(H,26,30)(H,27,31)(H,28,32)/b9-7+. The van der Waals surface area contributed by atoms with E-state index in [2.05, 4.69) is 21.3 Å². The highest BCUT2D eigenvalue weighted by Crippen LogP contribution is 2.27. The zero-order chi connectivity index (χ0) is 26.3. The second-order valence-corrected chi connectivity index (χ2v) is 7.90. The van der Waals surface area contributed by atoms with Gasteiger partial charge in [0.25, 0.3) is 0 Å². The third kappa shape index (κ3) is 9.72. The van der Waals surface area contributed by atoms with Crippen LogP contribution in [0.3, 0.4) is 0 Å². The van der Waals surface area contributed by atoms with Crippen LogP contribution in [0.1, 0.15) is 48.8 Å². The van der Waals surface area contributed by atoms with Crippen molar-refractivity contribution in [2.75, 3.05) is 26.5 Å². The zero-order valence-corrected chi connectivity index (χ0v) is 20.8. The molecule has 4 N–H and O–H groups in total. The normalized spacial score (nSPS) is 15.8. The number of carbonyl (C=O) groups excluding carboxylic acids is 4. The number of hydrogen-bond donors (Lipinski definition) is 4. The van der Waals surface area contributed by atoms with Gasteiger partial charge in [0, 0.05) is 32.3 Å². The van der Waals surface area contributed by atoms with E-state index < -0.39 is 24.4 Å². The molecule has 12 nitrogen and oxygen atoms in total. The van der Waals surface area contributed by atoms with Crippen molar-refractivity contribution in [2.24, 2.45) is 0 Å². The van der Waals surface area contributed by atoms with E-state index in [1.54, 1.807) is 12.1 Å². The van der Waals surface area contributed by atoms with E-state index in [0.717, 1.165) is 25.7 Å². The number of nitrogens with one attached hydrogen (secondary N) is 4. The van der Waals surface area contributed by atoms with Crippen molar-refractivity contribution in [3.05, 3.63) is 41.0 Å². The van der Waals surface area contributed by atoms with Crippen LogP contribution in [0.25, 0.3) is 0 Å².